The zero-order valence-corrected chi connectivity index (χ0v) is 20.8. The van der Waals surface area contributed by atoms with E-state index in [4.69, 9.17) is 9.47 Å². The normalized spacial score (nSPS) is 17.0. The number of amides is 1. The average molecular weight is 538 g/mol. The van der Waals surface area contributed by atoms with Crippen LogP contribution in [0.2, 0.25) is 0 Å². The first-order chi connectivity index (χ1) is 16.8. The number of phenolic OH excluding ortho intramolecular Hbond substituents is 1. The van der Waals surface area contributed by atoms with Crippen molar-refractivity contribution in [2.75, 3.05) is 20.8 Å². The Morgan fingerprint density at radius 1 is 0.943 bits per heavy atom. The number of aliphatic hydroxyl groups is 1. The second-order valence-electron chi connectivity index (χ2n) is 8.03. The van der Waals surface area contributed by atoms with Crippen molar-refractivity contribution in [3.63, 3.8) is 0 Å². The molecule has 0 aromatic heterocycles. The first-order valence-corrected chi connectivity index (χ1v) is 11.7. The number of benzene rings is 3. The van der Waals surface area contributed by atoms with Crippen LogP contribution in [0.1, 0.15) is 22.7 Å². The van der Waals surface area contributed by atoms with Gasteiger partial charge in [0, 0.05) is 16.6 Å². The van der Waals surface area contributed by atoms with Crippen molar-refractivity contribution in [3.05, 3.63) is 93.5 Å². The Balaban J connectivity index is 1.73. The van der Waals surface area contributed by atoms with E-state index in [1.807, 2.05) is 12.1 Å². The van der Waals surface area contributed by atoms with Crippen molar-refractivity contribution >= 4 is 33.4 Å². The molecular formula is C27H24BrNO6. The fourth-order valence-electron chi connectivity index (χ4n) is 4.16. The van der Waals surface area contributed by atoms with E-state index in [2.05, 4.69) is 15.9 Å². The van der Waals surface area contributed by atoms with E-state index in [-0.39, 0.29) is 23.6 Å². The molecule has 0 spiro atoms. The summed E-state index contributed by atoms with van der Waals surface area (Å²) in [7, 11) is 3.10. The van der Waals surface area contributed by atoms with Gasteiger partial charge in [0.05, 0.1) is 25.8 Å². The van der Waals surface area contributed by atoms with Crippen LogP contribution in [0, 0.1) is 0 Å². The number of halogens is 1. The first-order valence-electron chi connectivity index (χ1n) is 10.9. The Morgan fingerprint density at radius 3 is 2.23 bits per heavy atom. The number of aliphatic hydroxyl groups excluding tert-OH is 1. The van der Waals surface area contributed by atoms with Crippen LogP contribution in [0.5, 0.6) is 17.2 Å². The lowest BCUT2D eigenvalue weighted by Crippen LogP contribution is -2.31. The van der Waals surface area contributed by atoms with Gasteiger partial charge >= 0.3 is 0 Å². The fourth-order valence-corrected chi connectivity index (χ4v) is 4.43. The fraction of sp³-hybridized carbons (Fsp3) is 0.185. The average Bonchev–Trinajstić information content (AvgIpc) is 3.12. The van der Waals surface area contributed by atoms with E-state index in [0.29, 0.717) is 29.0 Å². The number of Topliss-reactive ketones (excluding diaryl/α,β-unsaturated/α-hetero) is 1. The van der Waals surface area contributed by atoms with Gasteiger partial charge < -0.3 is 24.6 Å². The topological polar surface area (TPSA) is 96.3 Å². The van der Waals surface area contributed by atoms with Crippen LogP contribution in [-0.4, -0.2) is 47.6 Å². The van der Waals surface area contributed by atoms with Gasteiger partial charge in [-0.25, -0.2) is 0 Å². The number of nitrogens with zero attached hydrogens (tertiary/aromatic N) is 1. The number of hydrogen-bond acceptors (Lipinski definition) is 6. The second kappa shape index (κ2) is 10.2. The summed E-state index contributed by atoms with van der Waals surface area (Å²) in [6.07, 6.45) is 0.445. The molecule has 8 heteroatoms. The summed E-state index contributed by atoms with van der Waals surface area (Å²) in [5, 5.41) is 20.9. The van der Waals surface area contributed by atoms with E-state index in [1.54, 1.807) is 56.7 Å². The molecule has 0 aliphatic carbocycles. The molecule has 1 atom stereocenters. The van der Waals surface area contributed by atoms with Crippen LogP contribution < -0.4 is 9.47 Å². The lowest BCUT2D eigenvalue weighted by atomic mass is 9.95. The third kappa shape index (κ3) is 4.88. The van der Waals surface area contributed by atoms with Crippen LogP contribution in [0.15, 0.2) is 76.8 Å². The molecule has 1 saturated heterocycles. The SMILES string of the molecule is COc1ccc(CCN2C(=O)C(=O)/C(=C(\O)c3ccc(Br)cc3)C2c2ccc(O)cc2)cc1OC. The van der Waals surface area contributed by atoms with Gasteiger partial charge in [-0.15, -0.1) is 0 Å². The van der Waals surface area contributed by atoms with E-state index in [0.717, 1.165) is 10.0 Å². The molecule has 1 fully saturated rings. The lowest BCUT2D eigenvalue weighted by Gasteiger charge is -2.25. The molecule has 4 rings (SSSR count). The maximum atomic E-state index is 13.1. The highest BCUT2D eigenvalue weighted by molar-refractivity contribution is 9.10. The van der Waals surface area contributed by atoms with Crippen molar-refractivity contribution < 1.29 is 29.3 Å². The van der Waals surface area contributed by atoms with Crippen LogP contribution in [0.25, 0.3) is 5.76 Å². The van der Waals surface area contributed by atoms with Crippen molar-refractivity contribution in [3.8, 4) is 17.2 Å². The van der Waals surface area contributed by atoms with E-state index < -0.39 is 17.7 Å². The van der Waals surface area contributed by atoms with Crippen LogP contribution in [0.3, 0.4) is 0 Å². The summed E-state index contributed by atoms with van der Waals surface area (Å²) in [4.78, 5) is 27.7. The number of ether oxygens (including phenoxy) is 2. The Morgan fingerprint density at radius 2 is 1.60 bits per heavy atom. The van der Waals surface area contributed by atoms with Gasteiger partial charge in [-0.3, -0.25) is 9.59 Å². The molecule has 3 aromatic carbocycles. The maximum absolute atomic E-state index is 13.1. The molecule has 0 radical (unpaired) electrons. The Labute approximate surface area is 211 Å². The minimum absolute atomic E-state index is 0.00956. The first kappa shape index (κ1) is 24.3. The van der Waals surface area contributed by atoms with Gasteiger partial charge in [0.2, 0.25) is 0 Å². The number of aromatic hydroxyl groups is 1. The number of carbonyl (C=O) groups excluding carboxylic acids is 2. The standard InChI is InChI=1S/C27H24BrNO6/c1-34-21-12-3-16(15-22(21)35-2)13-14-29-24(17-6-10-20(30)11-7-17)23(26(32)27(29)33)25(31)18-4-8-19(28)9-5-18/h3-12,15,24,30-31H,13-14H2,1-2H3/b25-23-. The molecular weight excluding hydrogens is 514 g/mol. The molecule has 35 heavy (non-hydrogen) atoms. The predicted octanol–water partition coefficient (Wildman–Crippen LogP) is 4.84. The molecule has 180 valence electrons. The van der Waals surface area contributed by atoms with E-state index in [1.165, 1.54) is 17.0 Å². The summed E-state index contributed by atoms with van der Waals surface area (Å²) in [6, 6.07) is 17.8. The Bertz CT molecular complexity index is 1280. The van der Waals surface area contributed by atoms with Gasteiger partial charge in [0.25, 0.3) is 11.7 Å². The van der Waals surface area contributed by atoms with Crippen molar-refractivity contribution in [1.29, 1.82) is 0 Å². The second-order valence-corrected chi connectivity index (χ2v) is 8.95. The van der Waals surface area contributed by atoms with Gasteiger partial charge in [0.1, 0.15) is 11.5 Å². The monoisotopic (exact) mass is 537 g/mol. The molecule has 3 aromatic rings. The summed E-state index contributed by atoms with van der Waals surface area (Å²) in [6.45, 7) is 0.225. The summed E-state index contributed by atoms with van der Waals surface area (Å²) in [5.74, 6) is -0.475. The third-order valence-electron chi connectivity index (χ3n) is 5.96. The van der Waals surface area contributed by atoms with Gasteiger partial charge in [-0.05, 0) is 53.9 Å². The molecule has 2 N–H and O–H groups in total. The maximum Gasteiger partial charge on any atom is 0.295 e. The number of hydrogen-bond donors (Lipinski definition) is 2. The largest absolute Gasteiger partial charge is 0.508 e. The Kier molecular flexibility index (Phi) is 7.12. The summed E-state index contributed by atoms with van der Waals surface area (Å²) >= 11 is 3.36. The van der Waals surface area contributed by atoms with Crippen LogP contribution in [0.4, 0.5) is 0 Å². The van der Waals surface area contributed by atoms with Gasteiger partial charge in [-0.2, -0.15) is 0 Å². The molecule has 1 amide bonds. The number of carbonyl (C=O) groups is 2. The molecule has 1 aliphatic heterocycles. The highest BCUT2D eigenvalue weighted by Crippen LogP contribution is 2.40. The number of methoxy groups -OCH3 is 2. The van der Waals surface area contributed by atoms with Crippen molar-refractivity contribution in [1.82, 2.24) is 4.90 Å². The highest BCUT2D eigenvalue weighted by atomic mass is 79.9. The number of phenols is 1. The zero-order valence-electron chi connectivity index (χ0n) is 19.2. The summed E-state index contributed by atoms with van der Waals surface area (Å²) in [5.41, 5.74) is 1.93. The predicted molar refractivity (Wildman–Crippen MR) is 135 cm³/mol. The smallest absolute Gasteiger partial charge is 0.295 e. The highest BCUT2D eigenvalue weighted by Gasteiger charge is 2.45. The van der Waals surface area contributed by atoms with Gasteiger partial charge in [0.15, 0.2) is 11.5 Å². The molecule has 0 saturated carbocycles. The quantitative estimate of drug-likeness (QED) is 0.254. The summed E-state index contributed by atoms with van der Waals surface area (Å²) < 4.78 is 11.5. The van der Waals surface area contributed by atoms with Gasteiger partial charge in [-0.1, -0.05) is 46.3 Å². The van der Waals surface area contributed by atoms with Crippen LogP contribution in [-0.2, 0) is 16.0 Å². The van der Waals surface area contributed by atoms with Crippen LogP contribution >= 0.6 is 15.9 Å². The van der Waals surface area contributed by atoms with E-state index in [9.17, 15) is 19.8 Å². The van der Waals surface area contributed by atoms with E-state index >= 15 is 0 Å². The molecule has 1 aliphatic rings. The number of rotatable bonds is 7. The number of likely N-dealkylation sites (tertiary alicyclic amines) is 1. The zero-order chi connectivity index (χ0) is 25.1. The van der Waals surface area contributed by atoms with Crippen molar-refractivity contribution in [2.45, 2.75) is 12.5 Å². The molecule has 1 heterocycles. The third-order valence-corrected chi connectivity index (χ3v) is 6.48. The minimum atomic E-state index is -0.806. The minimum Gasteiger partial charge on any atom is -0.508 e. The Hall–Kier alpha value is -3.78. The number of ketones is 1. The van der Waals surface area contributed by atoms with Crippen molar-refractivity contribution in [2.24, 2.45) is 0 Å². The molecule has 0 bridgehead atoms. The molecule has 1 unspecified atom stereocenters. The lowest BCUT2D eigenvalue weighted by molar-refractivity contribution is -0.139. The molecule has 7 nitrogen and oxygen atoms in total.